The molecule has 0 aromatic carbocycles. The van der Waals surface area contributed by atoms with Crippen LogP contribution >= 0.6 is 0 Å². The van der Waals surface area contributed by atoms with Crippen molar-refractivity contribution in [1.82, 2.24) is 0 Å². The molecule has 0 radical (unpaired) electrons. The van der Waals surface area contributed by atoms with Gasteiger partial charge >= 0.3 is 12.4 Å². The molecule has 11 heteroatoms. The van der Waals surface area contributed by atoms with Gasteiger partial charge in [-0.25, -0.2) is 13.2 Å². The molecule has 2 fully saturated rings. The minimum Gasteiger partial charge on any atom is -0.356 e. The van der Waals surface area contributed by atoms with Gasteiger partial charge in [-0.15, -0.1) is 0 Å². The first-order chi connectivity index (χ1) is 12.1. The van der Waals surface area contributed by atoms with Crippen molar-refractivity contribution in [3.05, 3.63) is 0 Å². The second-order valence-electron chi connectivity index (χ2n) is 7.41. The zero-order valence-electron chi connectivity index (χ0n) is 14.9. The molecular weight excluding hydrogens is 395 g/mol. The zero-order chi connectivity index (χ0) is 21.1. The maximum absolute atomic E-state index is 15.4. The molecule has 2 saturated carbocycles. The van der Waals surface area contributed by atoms with Crippen molar-refractivity contribution in [1.29, 1.82) is 0 Å². The van der Waals surface area contributed by atoms with Crippen LogP contribution in [0.15, 0.2) is 0 Å². The van der Waals surface area contributed by atoms with E-state index in [2.05, 4.69) is 9.47 Å². The Hall–Kier alpha value is -0.710. The van der Waals surface area contributed by atoms with Crippen molar-refractivity contribution in [2.45, 2.75) is 63.2 Å². The van der Waals surface area contributed by atoms with Crippen molar-refractivity contribution in [2.24, 2.45) is 23.7 Å². The van der Waals surface area contributed by atoms with Gasteiger partial charge in [0.15, 0.2) is 5.67 Å². The summed E-state index contributed by atoms with van der Waals surface area (Å²) >= 11 is 0. The highest BCUT2D eigenvalue weighted by molar-refractivity contribution is 5.20. The fourth-order valence-corrected chi connectivity index (χ4v) is 4.49. The molecule has 27 heavy (non-hydrogen) atoms. The van der Waals surface area contributed by atoms with Crippen LogP contribution in [-0.2, 0) is 9.47 Å². The van der Waals surface area contributed by atoms with Crippen LogP contribution in [0.4, 0.5) is 39.5 Å². The molecule has 2 aliphatic carbocycles. The second kappa shape index (κ2) is 6.67. The summed E-state index contributed by atoms with van der Waals surface area (Å²) in [5, 5.41) is 0. The highest BCUT2D eigenvalue weighted by Gasteiger charge is 2.82. The van der Waals surface area contributed by atoms with Crippen LogP contribution in [0, 0.1) is 23.7 Å². The number of rotatable bonds is 6. The number of hydrogen-bond acceptors (Lipinski definition) is 2. The van der Waals surface area contributed by atoms with Crippen molar-refractivity contribution < 1.29 is 49.0 Å². The van der Waals surface area contributed by atoms with Gasteiger partial charge in [0, 0.05) is 24.9 Å². The van der Waals surface area contributed by atoms with E-state index < -0.39 is 72.9 Å². The normalized spacial score (nSPS) is 36.4. The Labute approximate surface area is 150 Å². The highest BCUT2D eigenvalue weighted by atomic mass is 19.4. The van der Waals surface area contributed by atoms with Crippen LogP contribution < -0.4 is 0 Å². The Balaban J connectivity index is 2.51. The Morgan fingerprint density at radius 1 is 0.889 bits per heavy atom. The average molecular weight is 416 g/mol. The summed E-state index contributed by atoms with van der Waals surface area (Å²) in [5.41, 5.74) is -9.10. The van der Waals surface area contributed by atoms with Crippen LogP contribution in [-0.4, -0.2) is 42.9 Å². The number of ether oxygens (including phenoxy) is 2. The summed E-state index contributed by atoms with van der Waals surface area (Å²) in [5.74, 6) is -9.09. The molecule has 5 unspecified atom stereocenters. The Bertz CT molecular complexity index is 531. The average Bonchev–Trinajstić information content (AvgIpc) is 2.89. The van der Waals surface area contributed by atoms with Crippen LogP contribution in [0.1, 0.15) is 33.6 Å². The third-order valence-corrected chi connectivity index (χ3v) is 6.23. The predicted molar refractivity (Wildman–Crippen MR) is 75.7 cm³/mol. The van der Waals surface area contributed by atoms with Crippen molar-refractivity contribution >= 4 is 0 Å². The maximum atomic E-state index is 15.4. The Kier molecular flexibility index (Phi) is 5.58. The van der Waals surface area contributed by atoms with Crippen molar-refractivity contribution in [2.75, 3.05) is 13.4 Å². The molecule has 2 aliphatic rings. The summed E-state index contributed by atoms with van der Waals surface area (Å²) in [6.45, 7) is 2.31. The third kappa shape index (κ3) is 3.12. The van der Waals surface area contributed by atoms with Crippen LogP contribution in [0.3, 0.4) is 0 Å². The fourth-order valence-electron chi connectivity index (χ4n) is 4.49. The SMILES string of the molecule is CCOCOC(CC1(F)C2CC(C(C)C2C)C1(F)F)(C(F)(F)F)C(F)(F)F. The summed E-state index contributed by atoms with van der Waals surface area (Å²) in [4.78, 5) is 0. The molecule has 160 valence electrons. The van der Waals surface area contributed by atoms with E-state index in [1.54, 1.807) is 0 Å². The van der Waals surface area contributed by atoms with E-state index in [0.29, 0.717) is 0 Å². The van der Waals surface area contributed by atoms with E-state index >= 15 is 4.39 Å². The van der Waals surface area contributed by atoms with E-state index in [9.17, 15) is 35.1 Å². The molecule has 0 aromatic rings. The summed E-state index contributed by atoms with van der Waals surface area (Å²) < 4.78 is 134. The molecule has 0 amide bonds. The smallest absolute Gasteiger partial charge is 0.356 e. The van der Waals surface area contributed by atoms with E-state index in [1.807, 2.05) is 0 Å². The number of alkyl halides is 9. The van der Waals surface area contributed by atoms with E-state index in [4.69, 9.17) is 0 Å². The number of fused-ring (bicyclic) bond motifs is 2. The lowest BCUT2D eigenvalue weighted by Crippen LogP contribution is -2.66. The highest BCUT2D eigenvalue weighted by Crippen LogP contribution is 2.69. The number of halogens is 9. The van der Waals surface area contributed by atoms with Crippen LogP contribution in [0.25, 0.3) is 0 Å². The molecule has 0 heterocycles. The predicted octanol–water partition coefficient (Wildman–Crippen LogP) is 5.52. The first-order valence-corrected chi connectivity index (χ1v) is 8.48. The standard InChI is InChI=1S/C16H21F9O2/c1-4-26-7-27-13(15(20,21)22,16(23,24)25)6-12(17)10-5-11(14(12,18)19)9(3)8(10)2/h8-11H,4-7H2,1-3H3. The molecular formula is C16H21F9O2. The van der Waals surface area contributed by atoms with Gasteiger partial charge in [0.25, 0.3) is 11.5 Å². The lowest BCUT2D eigenvalue weighted by molar-refractivity contribution is -0.407. The zero-order valence-corrected chi connectivity index (χ0v) is 14.9. The monoisotopic (exact) mass is 416 g/mol. The quantitative estimate of drug-likeness (QED) is 0.323. The van der Waals surface area contributed by atoms with Crippen LogP contribution in [0.5, 0.6) is 0 Å². The van der Waals surface area contributed by atoms with Crippen molar-refractivity contribution in [3.63, 3.8) is 0 Å². The lowest BCUT2D eigenvalue weighted by atomic mass is 9.67. The van der Waals surface area contributed by atoms with Gasteiger partial charge in [0.05, 0.1) is 0 Å². The third-order valence-electron chi connectivity index (χ3n) is 6.23. The van der Waals surface area contributed by atoms with Gasteiger partial charge in [-0.1, -0.05) is 13.8 Å². The maximum Gasteiger partial charge on any atom is 0.426 e. The number of hydrogen-bond donors (Lipinski definition) is 0. The lowest BCUT2D eigenvalue weighted by Gasteiger charge is -2.47. The molecule has 0 aromatic heterocycles. The van der Waals surface area contributed by atoms with E-state index in [1.165, 1.54) is 20.8 Å². The molecule has 0 saturated heterocycles. The molecule has 0 spiro atoms. The molecule has 2 bridgehead atoms. The van der Waals surface area contributed by atoms with Gasteiger partial charge in [-0.2, -0.15) is 26.3 Å². The van der Waals surface area contributed by atoms with E-state index in [0.717, 1.165) is 0 Å². The molecule has 2 nitrogen and oxygen atoms in total. The molecule has 2 rings (SSSR count). The van der Waals surface area contributed by atoms with Gasteiger partial charge in [0.2, 0.25) is 0 Å². The topological polar surface area (TPSA) is 18.5 Å². The Morgan fingerprint density at radius 2 is 1.37 bits per heavy atom. The van der Waals surface area contributed by atoms with Gasteiger partial charge < -0.3 is 9.47 Å². The summed E-state index contributed by atoms with van der Waals surface area (Å²) in [7, 11) is 0. The minimum atomic E-state index is -6.17. The first-order valence-electron chi connectivity index (χ1n) is 8.48. The van der Waals surface area contributed by atoms with Gasteiger partial charge in [-0.05, 0) is 25.2 Å². The summed E-state index contributed by atoms with van der Waals surface area (Å²) in [6, 6.07) is 0. The summed E-state index contributed by atoms with van der Waals surface area (Å²) in [6.07, 6.45) is -15.4. The van der Waals surface area contributed by atoms with E-state index in [-0.39, 0.29) is 6.61 Å². The first kappa shape index (κ1) is 22.6. The van der Waals surface area contributed by atoms with Gasteiger partial charge in [-0.3, -0.25) is 0 Å². The molecule has 0 aliphatic heterocycles. The van der Waals surface area contributed by atoms with Crippen LogP contribution in [0.2, 0.25) is 0 Å². The van der Waals surface area contributed by atoms with Crippen molar-refractivity contribution in [3.8, 4) is 0 Å². The largest absolute Gasteiger partial charge is 0.426 e. The van der Waals surface area contributed by atoms with Gasteiger partial charge in [0.1, 0.15) is 6.79 Å². The molecule has 5 atom stereocenters. The fraction of sp³-hybridized carbons (Fsp3) is 1.00. The second-order valence-corrected chi connectivity index (χ2v) is 7.41. The molecule has 0 N–H and O–H groups in total. The minimum absolute atomic E-state index is 0.276. The Morgan fingerprint density at radius 3 is 1.78 bits per heavy atom.